The van der Waals surface area contributed by atoms with Gasteiger partial charge in [-0.25, -0.2) is 23.1 Å². The Kier molecular flexibility index (Phi) is 4.33. The summed E-state index contributed by atoms with van der Waals surface area (Å²) in [6.07, 6.45) is 6.28. The van der Waals surface area contributed by atoms with Crippen LogP contribution in [0.15, 0.2) is 72.1 Å². The van der Waals surface area contributed by atoms with E-state index in [1.165, 1.54) is 12.6 Å². The molecular formula is C19H17N5O2S. The van der Waals surface area contributed by atoms with Gasteiger partial charge in [0, 0.05) is 30.6 Å². The molecule has 0 amide bonds. The molecule has 0 radical (unpaired) electrons. The summed E-state index contributed by atoms with van der Waals surface area (Å²) in [6.45, 7) is 0.550. The van der Waals surface area contributed by atoms with Crippen molar-refractivity contribution in [2.45, 2.75) is 11.4 Å². The molecule has 0 unspecified atom stereocenters. The summed E-state index contributed by atoms with van der Waals surface area (Å²) in [4.78, 5) is 8.72. The highest BCUT2D eigenvalue weighted by atomic mass is 32.2. The summed E-state index contributed by atoms with van der Waals surface area (Å²) >= 11 is 0. The third-order valence-electron chi connectivity index (χ3n) is 4.20. The predicted molar refractivity (Wildman–Crippen MR) is 104 cm³/mol. The van der Waals surface area contributed by atoms with Crippen molar-refractivity contribution in [2.75, 3.05) is 11.6 Å². The maximum absolute atomic E-state index is 11.8. The summed E-state index contributed by atoms with van der Waals surface area (Å²) in [5.74, 6) is 0.599. The summed E-state index contributed by atoms with van der Waals surface area (Å²) in [5.41, 5.74) is 2.74. The van der Waals surface area contributed by atoms with Crippen molar-refractivity contribution in [3.8, 4) is 5.69 Å². The molecule has 0 aliphatic heterocycles. The van der Waals surface area contributed by atoms with Gasteiger partial charge in [-0.3, -0.25) is 0 Å². The smallest absolute Gasteiger partial charge is 0.175 e. The third-order valence-corrected chi connectivity index (χ3v) is 5.31. The molecular weight excluding hydrogens is 362 g/mol. The molecule has 2 aromatic carbocycles. The molecule has 0 spiro atoms. The molecule has 0 saturated heterocycles. The van der Waals surface area contributed by atoms with Crippen molar-refractivity contribution in [1.82, 2.24) is 19.7 Å². The number of benzene rings is 2. The van der Waals surface area contributed by atoms with Gasteiger partial charge in [-0.2, -0.15) is 5.10 Å². The van der Waals surface area contributed by atoms with E-state index in [1.54, 1.807) is 29.1 Å². The number of rotatable bonds is 5. The van der Waals surface area contributed by atoms with E-state index >= 15 is 0 Å². The Morgan fingerprint density at radius 1 is 1.07 bits per heavy atom. The minimum atomic E-state index is -3.30. The van der Waals surface area contributed by atoms with Crippen LogP contribution in [0.3, 0.4) is 0 Å². The number of nitrogens with one attached hydrogen (secondary N) is 1. The third kappa shape index (κ3) is 3.65. The van der Waals surface area contributed by atoms with E-state index in [-0.39, 0.29) is 4.90 Å². The zero-order chi connectivity index (χ0) is 18.9. The lowest BCUT2D eigenvalue weighted by atomic mass is 10.2. The lowest BCUT2D eigenvalue weighted by Gasteiger charge is -2.10. The van der Waals surface area contributed by atoms with Crippen LogP contribution >= 0.6 is 0 Å². The van der Waals surface area contributed by atoms with E-state index in [9.17, 15) is 8.42 Å². The average Bonchev–Trinajstić information content (AvgIpc) is 3.20. The van der Waals surface area contributed by atoms with Crippen LogP contribution in [-0.4, -0.2) is 34.4 Å². The van der Waals surface area contributed by atoms with Gasteiger partial charge in [0.15, 0.2) is 9.84 Å². The summed E-state index contributed by atoms with van der Waals surface area (Å²) in [7, 11) is -3.30. The van der Waals surface area contributed by atoms with Crippen LogP contribution in [0.1, 0.15) is 5.56 Å². The lowest BCUT2D eigenvalue weighted by molar-refractivity contribution is 0.602. The van der Waals surface area contributed by atoms with Crippen molar-refractivity contribution in [3.63, 3.8) is 0 Å². The Balaban J connectivity index is 1.58. The second kappa shape index (κ2) is 6.81. The quantitative estimate of drug-likeness (QED) is 0.573. The van der Waals surface area contributed by atoms with E-state index in [4.69, 9.17) is 0 Å². The largest absolute Gasteiger partial charge is 0.365 e. The van der Waals surface area contributed by atoms with Crippen LogP contribution in [0, 0.1) is 0 Å². The molecule has 7 nitrogen and oxygen atoms in total. The predicted octanol–water partition coefficient (Wildman–Crippen LogP) is 2.83. The van der Waals surface area contributed by atoms with Gasteiger partial charge in [-0.1, -0.05) is 12.1 Å². The van der Waals surface area contributed by atoms with Gasteiger partial charge in [0.25, 0.3) is 0 Å². The van der Waals surface area contributed by atoms with Crippen LogP contribution in [-0.2, 0) is 16.4 Å². The first kappa shape index (κ1) is 17.2. The number of fused-ring (bicyclic) bond motifs is 1. The van der Waals surface area contributed by atoms with Gasteiger partial charge in [0.05, 0.1) is 16.1 Å². The molecule has 2 heterocycles. The Bertz CT molecular complexity index is 1190. The Hall–Kier alpha value is -3.26. The SMILES string of the molecule is CS(=O)(=O)c1ccc2ncnc(NCc3ccc(-n4cccn4)cc3)c2c1. The van der Waals surface area contributed by atoms with Crippen LogP contribution < -0.4 is 5.32 Å². The fourth-order valence-electron chi connectivity index (χ4n) is 2.78. The fraction of sp³-hybridized carbons (Fsp3) is 0.105. The number of sulfone groups is 1. The summed E-state index contributed by atoms with van der Waals surface area (Å²) < 4.78 is 25.5. The molecule has 0 atom stereocenters. The van der Waals surface area contributed by atoms with Gasteiger partial charge < -0.3 is 5.32 Å². The first-order chi connectivity index (χ1) is 13.0. The maximum atomic E-state index is 11.8. The van der Waals surface area contributed by atoms with E-state index in [2.05, 4.69) is 20.4 Å². The van der Waals surface area contributed by atoms with Crippen molar-refractivity contribution >= 4 is 26.6 Å². The molecule has 2 aromatic heterocycles. The van der Waals surface area contributed by atoms with Gasteiger partial charge in [-0.05, 0) is 42.0 Å². The van der Waals surface area contributed by atoms with Crippen molar-refractivity contribution in [2.24, 2.45) is 0 Å². The van der Waals surface area contributed by atoms with E-state index in [1.807, 2.05) is 36.5 Å². The number of anilines is 1. The standard InChI is InChI=1S/C19H17N5O2S/c1-27(25,26)16-7-8-18-17(11-16)19(22-13-21-18)20-12-14-3-5-15(6-4-14)24-10-2-9-23-24/h2-11,13H,12H2,1H3,(H,20,21,22). The van der Waals surface area contributed by atoms with Crippen molar-refractivity contribution in [3.05, 3.63) is 72.8 Å². The topological polar surface area (TPSA) is 89.8 Å². The highest BCUT2D eigenvalue weighted by Gasteiger charge is 2.11. The average molecular weight is 379 g/mol. The summed E-state index contributed by atoms with van der Waals surface area (Å²) in [6, 6.07) is 14.7. The normalized spacial score (nSPS) is 11.6. The molecule has 136 valence electrons. The van der Waals surface area contributed by atoms with E-state index < -0.39 is 9.84 Å². The van der Waals surface area contributed by atoms with Crippen molar-refractivity contribution < 1.29 is 8.42 Å². The monoisotopic (exact) mass is 379 g/mol. The molecule has 4 rings (SSSR count). The van der Waals surface area contributed by atoms with Gasteiger partial charge >= 0.3 is 0 Å². The highest BCUT2D eigenvalue weighted by molar-refractivity contribution is 7.90. The number of hydrogen-bond donors (Lipinski definition) is 1. The Morgan fingerprint density at radius 3 is 2.59 bits per heavy atom. The van der Waals surface area contributed by atoms with E-state index in [0.717, 1.165) is 11.3 Å². The van der Waals surface area contributed by atoms with E-state index in [0.29, 0.717) is 23.3 Å². The highest BCUT2D eigenvalue weighted by Crippen LogP contribution is 2.23. The zero-order valence-corrected chi connectivity index (χ0v) is 15.4. The van der Waals surface area contributed by atoms with Crippen molar-refractivity contribution in [1.29, 1.82) is 0 Å². The van der Waals surface area contributed by atoms with Gasteiger partial charge in [0.2, 0.25) is 0 Å². The molecule has 8 heteroatoms. The molecule has 27 heavy (non-hydrogen) atoms. The zero-order valence-electron chi connectivity index (χ0n) is 14.6. The molecule has 0 aliphatic carbocycles. The second-order valence-corrected chi connectivity index (χ2v) is 8.16. The fourth-order valence-corrected chi connectivity index (χ4v) is 3.43. The van der Waals surface area contributed by atoms with Crippen LogP contribution in [0.25, 0.3) is 16.6 Å². The van der Waals surface area contributed by atoms with Gasteiger partial charge in [-0.15, -0.1) is 0 Å². The first-order valence-electron chi connectivity index (χ1n) is 8.28. The minimum absolute atomic E-state index is 0.247. The minimum Gasteiger partial charge on any atom is -0.365 e. The number of nitrogens with zero attached hydrogens (tertiary/aromatic N) is 4. The lowest BCUT2D eigenvalue weighted by Crippen LogP contribution is -2.04. The molecule has 0 aliphatic rings. The van der Waals surface area contributed by atoms with Crippen LogP contribution in [0.5, 0.6) is 0 Å². The molecule has 0 saturated carbocycles. The molecule has 0 fully saturated rings. The maximum Gasteiger partial charge on any atom is 0.175 e. The Morgan fingerprint density at radius 2 is 1.89 bits per heavy atom. The second-order valence-electron chi connectivity index (χ2n) is 6.14. The van der Waals surface area contributed by atoms with Crippen LogP contribution in [0.2, 0.25) is 0 Å². The van der Waals surface area contributed by atoms with Gasteiger partial charge in [0.1, 0.15) is 12.1 Å². The molecule has 1 N–H and O–H groups in total. The molecule has 0 bridgehead atoms. The number of aromatic nitrogens is 4. The summed E-state index contributed by atoms with van der Waals surface area (Å²) in [5, 5.41) is 8.15. The first-order valence-corrected chi connectivity index (χ1v) is 10.2. The molecule has 4 aromatic rings. The number of hydrogen-bond acceptors (Lipinski definition) is 6. The van der Waals surface area contributed by atoms with Crippen LogP contribution in [0.4, 0.5) is 5.82 Å². The Labute approximate surface area is 156 Å².